The second-order valence-corrected chi connectivity index (χ2v) is 10.1. The van der Waals surface area contributed by atoms with E-state index in [0.29, 0.717) is 29.1 Å². The zero-order valence-corrected chi connectivity index (χ0v) is 21.1. The maximum atomic E-state index is 6.55. The fourth-order valence-electron chi connectivity index (χ4n) is 4.95. The van der Waals surface area contributed by atoms with Gasteiger partial charge in [-0.15, -0.1) is 0 Å². The molecule has 0 amide bonds. The molecule has 0 radical (unpaired) electrons. The highest BCUT2D eigenvalue weighted by atomic mass is 35.5. The van der Waals surface area contributed by atoms with Gasteiger partial charge in [0.2, 0.25) is 0 Å². The van der Waals surface area contributed by atoms with Crippen LogP contribution >= 0.6 is 11.6 Å². The van der Waals surface area contributed by atoms with Crippen LogP contribution in [0.1, 0.15) is 45.4 Å². The minimum atomic E-state index is 0.385. The molecule has 4 rings (SSSR count). The molecule has 186 valence electrons. The Morgan fingerprint density at radius 1 is 1.06 bits per heavy atom. The third-order valence-electron chi connectivity index (χ3n) is 6.86. The van der Waals surface area contributed by atoms with E-state index in [9.17, 15) is 0 Å². The van der Waals surface area contributed by atoms with Gasteiger partial charge >= 0.3 is 0 Å². The van der Waals surface area contributed by atoms with Gasteiger partial charge in [0.1, 0.15) is 5.82 Å². The lowest BCUT2D eigenvalue weighted by atomic mass is 9.90. The average Bonchev–Trinajstić information content (AvgIpc) is 2.86. The Morgan fingerprint density at radius 3 is 2.59 bits per heavy atom. The Hall–Kier alpha value is -1.93. The summed E-state index contributed by atoms with van der Waals surface area (Å²) in [6, 6.07) is 5.53. The van der Waals surface area contributed by atoms with Gasteiger partial charge in [0, 0.05) is 74.7 Å². The Morgan fingerprint density at radius 2 is 1.82 bits per heavy atom. The molecule has 1 saturated heterocycles. The van der Waals surface area contributed by atoms with Crippen molar-refractivity contribution < 1.29 is 9.47 Å². The number of rotatable bonds is 10. The molecule has 2 aromatic heterocycles. The lowest BCUT2D eigenvalue weighted by Gasteiger charge is -2.32. The molecule has 1 aliphatic heterocycles. The van der Waals surface area contributed by atoms with Crippen molar-refractivity contribution in [2.45, 2.75) is 63.6 Å². The zero-order valence-electron chi connectivity index (χ0n) is 20.4. The van der Waals surface area contributed by atoms with Crippen molar-refractivity contribution in [1.82, 2.24) is 15.3 Å². The molecule has 2 aromatic rings. The lowest BCUT2D eigenvalue weighted by molar-refractivity contribution is 0.0699. The summed E-state index contributed by atoms with van der Waals surface area (Å²) in [5.74, 6) is 1.51. The number of hydrogen-bond donors (Lipinski definition) is 3. The largest absolute Gasteiger partial charge is 0.384 e. The SMILES string of the molecule is COC[C@H](C)NC1CCC(Nc2cc(-c3cncc(NCC4CCOCC4)c3)c(Cl)cn2)CC1. The monoisotopic (exact) mass is 487 g/mol. The van der Waals surface area contributed by atoms with E-state index in [-0.39, 0.29) is 0 Å². The second kappa shape index (κ2) is 12.7. The van der Waals surface area contributed by atoms with Crippen LogP contribution in [0, 0.1) is 5.92 Å². The van der Waals surface area contributed by atoms with Gasteiger partial charge in [-0.2, -0.15) is 0 Å². The van der Waals surface area contributed by atoms with Crippen molar-refractivity contribution in [1.29, 1.82) is 0 Å². The first-order valence-corrected chi connectivity index (χ1v) is 12.9. The molecule has 2 fully saturated rings. The first kappa shape index (κ1) is 25.2. The number of anilines is 2. The second-order valence-electron chi connectivity index (χ2n) is 9.66. The number of hydrogen-bond acceptors (Lipinski definition) is 7. The van der Waals surface area contributed by atoms with Gasteiger partial charge in [0.25, 0.3) is 0 Å². The van der Waals surface area contributed by atoms with Gasteiger partial charge in [0.15, 0.2) is 0 Å². The van der Waals surface area contributed by atoms with Gasteiger partial charge in [-0.1, -0.05) is 11.6 Å². The number of aromatic nitrogens is 2. The summed E-state index contributed by atoms with van der Waals surface area (Å²) in [4.78, 5) is 9.00. The Bertz CT molecular complexity index is 901. The summed E-state index contributed by atoms with van der Waals surface area (Å²) >= 11 is 6.55. The van der Waals surface area contributed by atoms with Crippen LogP contribution in [0.25, 0.3) is 11.1 Å². The minimum absolute atomic E-state index is 0.385. The third kappa shape index (κ3) is 7.28. The normalized spacial score (nSPS) is 22.3. The molecule has 0 unspecified atom stereocenters. The smallest absolute Gasteiger partial charge is 0.126 e. The van der Waals surface area contributed by atoms with E-state index in [1.807, 2.05) is 18.5 Å². The van der Waals surface area contributed by atoms with Gasteiger partial charge in [0.05, 0.1) is 17.3 Å². The first-order valence-electron chi connectivity index (χ1n) is 12.5. The van der Waals surface area contributed by atoms with E-state index in [2.05, 4.69) is 38.9 Å². The van der Waals surface area contributed by atoms with Crippen molar-refractivity contribution >= 4 is 23.1 Å². The summed E-state index contributed by atoms with van der Waals surface area (Å²) < 4.78 is 10.7. The molecule has 0 bridgehead atoms. The molecule has 7 nitrogen and oxygen atoms in total. The number of ether oxygens (including phenoxy) is 2. The summed E-state index contributed by atoms with van der Waals surface area (Å²) in [5, 5.41) is 11.5. The van der Waals surface area contributed by atoms with Crippen LogP contribution in [0.3, 0.4) is 0 Å². The fraction of sp³-hybridized carbons (Fsp3) is 0.615. The Kier molecular flexibility index (Phi) is 9.39. The summed E-state index contributed by atoms with van der Waals surface area (Å²) in [6.45, 7) is 5.58. The number of pyridine rings is 2. The molecule has 0 aromatic carbocycles. The molecule has 1 saturated carbocycles. The highest BCUT2D eigenvalue weighted by molar-refractivity contribution is 6.33. The van der Waals surface area contributed by atoms with Gasteiger partial charge in [-0.05, 0) is 63.5 Å². The molecular weight excluding hydrogens is 450 g/mol. The molecule has 34 heavy (non-hydrogen) atoms. The van der Waals surface area contributed by atoms with Crippen LogP contribution in [-0.4, -0.2) is 61.6 Å². The van der Waals surface area contributed by atoms with Crippen LogP contribution in [0.4, 0.5) is 11.5 Å². The predicted molar refractivity (Wildman–Crippen MR) is 139 cm³/mol. The maximum Gasteiger partial charge on any atom is 0.126 e. The van der Waals surface area contributed by atoms with E-state index in [1.165, 1.54) is 0 Å². The summed E-state index contributed by atoms with van der Waals surface area (Å²) in [6.07, 6.45) is 12.2. The van der Waals surface area contributed by atoms with Gasteiger partial charge < -0.3 is 25.4 Å². The molecular formula is C26H38ClN5O2. The molecule has 3 heterocycles. The number of methoxy groups -OCH3 is 1. The topological polar surface area (TPSA) is 80.3 Å². The fourth-order valence-corrected chi connectivity index (χ4v) is 5.16. The van der Waals surface area contributed by atoms with Crippen LogP contribution in [-0.2, 0) is 9.47 Å². The standard InChI is InChI=1S/C26H38ClN5O2/c1-18(17-33-2)31-21-3-5-22(6-4-21)32-26-12-24(25(27)16-30-26)20-11-23(15-28-14-20)29-13-19-7-9-34-10-8-19/h11-12,14-16,18-19,21-22,29,31H,3-10,13,17H2,1-2H3,(H,30,32)/t18-,21?,22?/m0/s1. The molecule has 3 N–H and O–H groups in total. The van der Waals surface area contributed by atoms with Gasteiger partial charge in [-0.3, -0.25) is 4.98 Å². The number of nitrogens with zero attached hydrogens (tertiary/aromatic N) is 2. The Labute approximate surface area is 208 Å². The van der Waals surface area contributed by atoms with Crippen molar-refractivity contribution in [2.24, 2.45) is 5.92 Å². The molecule has 2 aliphatic rings. The van der Waals surface area contributed by atoms with Crippen molar-refractivity contribution in [3.63, 3.8) is 0 Å². The lowest BCUT2D eigenvalue weighted by Crippen LogP contribution is -2.42. The van der Waals surface area contributed by atoms with Crippen LogP contribution in [0.15, 0.2) is 30.7 Å². The van der Waals surface area contributed by atoms with Crippen molar-refractivity contribution in [2.75, 3.05) is 44.1 Å². The van der Waals surface area contributed by atoms with E-state index < -0.39 is 0 Å². The zero-order chi connectivity index (χ0) is 23.8. The van der Waals surface area contributed by atoms with Crippen LogP contribution in [0.2, 0.25) is 5.02 Å². The van der Waals surface area contributed by atoms with Crippen LogP contribution < -0.4 is 16.0 Å². The third-order valence-corrected chi connectivity index (χ3v) is 7.16. The van der Waals surface area contributed by atoms with E-state index in [4.69, 9.17) is 21.1 Å². The maximum absolute atomic E-state index is 6.55. The molecule has 1 atom stereocenters. The van der Waals surface area contributed by atoms with E-state index in [0.717, 1.165) is 87.5 Å². The molecule has 0 spiro atoms. The highest BCUT2D eigenvalue weighted by Gasteiger charge is 2.22. The van der Waals surface area contributed by atoms with Crippen molar-refractivity contribution in [3.8, 4) is 11.1 Å². The van der Waals surface area contributed by atoms with Crippen molar-refractivity contribution in [3.05, 3.63) is 35.7 Å². The number of halogens is 1. The highest BCUT2D eigenvalue weighted by Crippen LogP contribution is 2.31. The quantitative estimate of drug-likeness (QED) is 0.436. The van der Waals surface area contributed by atoms with Gasteiger partial charge in [-0.25, -0.2) is 4.98 Å². The minimum Gasteiger partial charge on any atom is -0.384 e. The van der Waals surface area contributed by atoms with Crippen LogP contribution in [0.5, 0.6) is 0 Å². The summed E-state index contributed by atoms with van der Waals surface area (Å²) in [7, 11) is 1.75. The molecule has 8 heteroatoms. The van der Waals surface area contributed by atoms with E-state index >= 15 is 0 Å². The van der Waals surface area contributed by atoms with E-state index in [1.54, 1.807) is 13.3 Å². The molecule has 1 aliphatic carbocycles. The predicted octanol–water partition coefficient (Wildman–Crippen LogP) is 4.98. The first-order chi connectivity index (χ1) is 16.6. The summed E-state index contributed by atoms with van der Waals surface area (Å²) in [5.41, 5.74) is 2.96. The Balaban J connectivity index is 1.34. The number of nitrogens with one attached hydrogen (secondary N) is 3. The average molecular weight is 488 g/mol.